The van der Waals surface area contributed by atoms with Crippen LogP contribution in [0.3, 0.4) is 0 Å². The van der Waals surface area contributed by atoms with Crippen molar-refractivity contribution in [2.75, 3.05) is 25.0 Å². The van der Waals surface area contributed by atoms with Crippen molar-refractivity contribution in [1.29, 1.82) is 0 Å². The smallest absolute Gasteiger partial charge is 0.237 e. The molecule has 4 heteroatoms. The van der Waals surface area contributed by atoms with Crippen LogP contribution in [0, 0.1) is 0 Å². The maximum atomic E-state index is 13.5. The first kappa shape index (κ1) is 18.7. The van der Waals surface area contributed by atoms with Gasteiger partial charge in [0.15, 0.2) is 0 Å². The first-order chi connectivity index (χ1) is 13.6. The van der Waals surface area contributed by atoms with Crippen molar-refractivity contribution in [3.8, 4) is 0 Å². The highest BCUT2D eigenvalue weighted by Gasteiger charge is 2.49. The minimum atomic E-state index is -0.669. The second-order valence-corrected chi connectivity index (χ2v) is 8.07. The first-order valence-electron chi connectivity index (χ1n) is 10.3. The summed E-state index contributed by atoms with van der Waals surface area (Å²) >= 11 is 0. The molecule has 0 bridgehead atoms. The predicted molar refractivity (Wildman–Crippen MR) is 111 cm³/mol. The van der Waals surface area contributed by atoms with Gasteiger partial charge in [0, 0.05) is 32.2 Å². The van der Waals surface area contributed by atoms with Crippen molar-refractivity contribution in [2.24, 2.45) is 0 Å². The van der Waals surface area contributed by atoms with Gasteiger partial charge in [-0.2, -0.15) is 0 Å². The molecule has 4 nitrogen and oxygen atoms in total. The standard InChI is InChI=1S/C24H28N2O2/c1-25-21-13-7-6-12-20(21)24(23(25)28,18-19-10-4-2-5-11-19)15-14-22(27)26-16-8-3-9-17-26/h2,4-7,10-13H,3,8-9,14-18H2,1H3/t24-/m1/s1. The summed E-state index contributed by atoms with van der Waals surface area (Å²) in [4.78, 5) is 30.1. The van der Waals surface area contributed by atoms with E-state index in [-0.39, 0.29) is 11.8 Å². The molecule has 0 aromatic heterocycles. The summed E-state index contributed by atoms with van der Waals surface area (Å²) in [6.07, 6.45) is 4.98. The molecule has 0 aliphatic carbocycles. The Labute approximate surface area is 167 Å². The number of anilines is 1. The topological polar surface area (TPSA) is 40.6 Å². The summed E-state index contributed by atoms with van der Waals surface area (Å²) in [6, 6.07) is 18.2. The van der Waals surface area contributed by atoms with Gasteiger partial charge in [0.25, 0.3) is 0 Å². The lowest BCUT2D eigenvalue weighted by molar-refractivity contribution is -0.133. The zero-order chi connectivity index (χ0) is 19.6. The van der Waals surface area contributed by atoms with Crippen molar-refractivity contribution in [3.63, 3.8) is 0 Å². The Bertz CT molecular complexity index is 858. The molecule has 0 unspecified atom stereocenters. The highest BCUT2D eigenvalue weighted by atomic mass is 16.2. The van der Waals surface area contributed by atoms with Crippen molar-refractivity contribution in [2.45, 2.75) is 43.9 Å². The molecule has 0 radical (unpaired) electrons. The van der Waals surface area contributed by atoms with Gasteiger partial charge in [-0.05, 0) is 49.3 Å². The average Bonchev–Trinajstić information content (AvgIpc) is 2.96. The molecule has 0 N–H and O–H groups in total. The van der Waals surface area contributed by atoms with Crippen LogP contribution >= 0.6 is 0 Å². The molecule has 0 spiro atoms. The number of rotatable bonds is 5. The van der Waals surface area contributed by atoms with E-state index in [1.165, 1.54) is 6.42 Å². The van der Waals surface area contributed by atoms with Gasteiger partial charge in [0.2, 0.25) is 11.8 Å². The third-order valence-electron chi connectivity index (χ3n) is 6.32. The molecule has 2 aliphatic heterocycles. The third kappa shape index (κ3) is 3.32. The second-order valence-electron chi connectivity index (χ2n) is 8.07. The lowest BCUT2D eigenvalue weighted by atomic mass is 9.73. The number of likely N-dealkylation sites (N-methyl/N-ethyl adjacent to an activating group) is 1. The van der Waals surface area contributed by atoms with Gasteiger partial charge in [0.1, 0.15) is 0 Å². The summed E-state index contributed by atoms with van der Waals surface area (Å²) in [7, 11) is 1.85. The monoisotopic (exact) mass is 376 g/mol. The number of hydrogen-bond donors (Lipinski definition) is 0. The molecule has 4 rings (SSSR count). The van der Waals surface area contributed by atoms with Crippen molar-refractivity contribution in [3.05, 3.63) is 65.7 Å². The van der Waals surface area contributed by atoms with Crippen LogP contribution in [0.15, 0.2) is 54.6 Å². The number of para-hydroxylation sites is 1. The number of hydrogen-bond acceptors (Lipinski definition) is 2. The van der Waals surface area contributed by atoms with Crippen LogP contribution in [0.2, 0.25) is 0 Å². The van der Waals surface area contributed by atoms with Gasteiger partial charge in [-0.15, -0.1) is 0 Å². The first-order valence-corrected chi connectivity index (χ1v) is 10.3. The lowest BCUT2D eigenvalue weighted by Gasteiger charge is -2.31. The molecule has 0 saturated carbocycles. The maximum Gasteiger partial charge on any atom is 0.237 e. The highest BCUT2D eigenvalue weighted by Crippen LogP contribution is 2.46. The number of amides is 2. The Morgan fingerprint density at radius 2 is 1.64 bits per heavy atom. The van der Waals surface area contributed by atoms with Crippen molar-refractivity contribution >= 4 is 17.5 Å². The van der Waals surface area contributed by atoms with E-state index < -0.39 is 5.41 Å². The molecule has 28 heavy (non-hydrogen) atoms. The van der Waals surface area contributed by atoms with Crippen LogP contribution in [0.25, 0.3) is 0 Å². The van der Waals surface area contributed by atoms with E-state index >= 15 is 0 Å². The van der Waals surface area contributed by atoms with Crippen molar-refractivity contribution in [1.82, 2.24) is 4.90 Å². The van der Waals surface area contributed by atoms with E-state index in [2.05, 4.69) is 18.2 Å². The van der Waals surface area contributed by atoms with Crippen LogP contribution < -0.4 is 4.90 Å². The molecule has 2 aromatic carbocycles. The van der Waals surface area contributed by atoms with Gasteiger partial charge < -0.3 is 9.80 Å². The van der Waals surface area contributed by atoms with Crippen LogP contribution in [0.5, 0.6) is 0 Å². The fourth-order valence-corrected chi connectivity index (χ4v) is 4.78. The summed E-state index contributed by atoms with van der Waals surface area (Å²) < 4.78 is 0. The van der Waals surface area contributed by atoms with E-state index in [4.69, 9.17) is 0 Å². The van der Waals surface area contributed by atoms with E-state index in [9.17, 15) is 9.59 Å². The number of carbonyl (C=O) groups is 2. The van der Waals surface area contributed by atoms with Crippen LogP contribution in [0.4, 0.5) is 5.69 Å². The van der Waals surface area contributed by atoms with Crippen LogP contribution in [-0.4, -0.2) is 36.9 Å². The molecule has 2 heterocycles. The van der Waals surface area contributed by atoms with Crippen molar-refractivity contribution < 1.29 is 9.59 Å². The third-order valence-corrected chi connectivity index (χ3v) is 6.32. The molecule has 146 valence electrons. The summed E-state index contributed by atoms with van der Waals surface area (Å²) in [6.45, 7) is 1.71. The number of likely N-dealkylation sites (tertiary alicyclic amines) is 1. The maximum absolute atomic E-state index is 13.5. The summed E-state index contributed by atoms with van der Waals surface area (Å²) in [5.74, 6) is 0.288. The largest absolute Gasteiger partial charge is 0.343 e. The van der Waals surface area contributed by atoms with Crippen LogP contribution in [0.1, 0.15) is 43.2 Å². The van der Waals surface area contributed by atoms with Gasteiger partial charge in [-0.3, -0.25) is 9.59 Å². The Hall–Kier alpha value is -2.62. The number of benzene rings is 2. The van der Waals surface area contributed by atoms with E-state index in [1.807, 2.05) is 48.3 Å². The molecular formula is C24H28N2O2. The molecule has 2 aliphatic rings. The molecule has 2 aromatic rings. The van der Waals surface area contributed by atoms with Gasteiger partial charge >= 0.3 is 0 Å². The zero-order valence-electron chi connectivity index (χ0n) is 16.6. The fourth-order valence-electron chi connectivity index (χ4n) is 4.78. The fraction of sp³-hybridized carbons (Fsp3) is 0.417. The molecule has 1 fully saturated rings. The Morgan fingerprint density at radius 1 is 0.964 bits per heavy atom. The Morgan fingerprint density at radius 3 is 2.39 bits per heavy atom. The normalized spacial score (nSPS) is 21.7. The molecular weight excluding hydrogens is 348 g/mol. The minimum absolute atomic E-state index is 0.101. The van der Waals surface area contributed by atoms with Gasteiger partial charge in [-0.1, -0.05) is 48.5 Å². The number of nitrogens with zero attached hydrogens (tertiary/aromatic N) is 2. The SMILES string of the molecule is CN1C(=O)[C@](CCC(=O)N2CCCCC2)(Cc2ccccc2)c2ccccc21. The van der Waals surface area contributed by atoms with E-state index in [1.54, 1.807) is 4.90 Å². The number of fused-ring (bicyclic) bond motifs is 1. The predicted octanol–water partition coefficient (Wildman–Crippen LogP) is 3.94. The summed E-state index contributed by atoms with van der Waals surface area (Å²) in [5.41, 5.74) is 2.48. The molecule has 1 atom stereocenters. The Balaban J connectivity index is 1.65. The number of piperidine rings is 1. The van der Waals surface area contributed by atoms with E-state index in [0.29, 0.717) is 19.3 Å². The van der Waals surface area contributed by atoms with Gasteiger partial charge in [-0.25, -0.2) is 0 Å². The summed E-state index contributed by atoms with van der Waals surface area (Å²) in [5, 5.41) is 0. The van der Waals surface area contributed by atoms with Crippen LogP contribution in [-0.2, 0) is 21.4 Å². The lowest BCUT2D eigenvalue weighted by Crippen LogP contribution is -2.42. The zero-order valence-corrected chi connectivity index (χ0v) is 16.6. The minimum Gasteiger partial charge on any atom is -0.343 e. The van der Waals surface area contributed by atoms with Gasteiger partial charge in [0.05, 0.1) is 5.41 Å². The molecule has 2 amide bonds. The highest BCUT2D eigenvalue weighted by molar-refractivity contribution is 6.08. The average molecular weight is 376 g/mol. The van der Waals surface area contributed by atoms with E-state index in [0.717, 1.165) is 42.7 Å². The number of carbonyl (C=O) groups excluding carboxylic acids is 2. The molecule has 1 saturated heterocycles. The second kappa shape index (κ2) is 7.78. The quantitative estimate of drug-likeness (QED) is 0.793. The Kier molecular flexibility index (Phi) is 5.21.